The number of halogens is 4. The van der Waals surface area contributed by atoms with Gasteiger partial charge in [0, 0.05) is 21.7 Å². The fourth-order valence-electron chi connectivity index (χ4n) is 1.83. The van der Waals surface area contributed by atoms with E-state index in [2.05, 4.69) is 21.2 Å². The van der Waals surface area contributed by atoms with Gasteiger partial charge in [-0.05, 0) is 51.8 Å². The van der Waals surface area contributed by atoms with Crippen molar-refractivity contribution in [3.8, 4) is 0 Å². The number of nitrogens with two attached hydrogens (primary N) is 1. The lowest BCUT2D eigenvalue weighted by Gasteiger charge is -2.20. The van der Waals surface area contributed by atoms with Crippen LogP contribution in [0.5, 0.6) is 0 Å². The Labute approximate surface area is 135 Å². The van der Waals surface area contributed by atoms with Crippen LogP contribution in [0, 0.1) is 5.82 Å². The standard InChI is InChI=1S/C14H12BrCl2FN2/c15-11-6-9(2-4-12(11)16)20-14(7-19)10-3-1-8(18)5-13(10)17/h1-6,14,20H,7,19H2. The summed E-state index contributed by atoms with van der Waals surface area (Å²) in [6, 6.07) is 9.52. The minimum atomic E-state index is -0.372. The minimum Gasteiger partial charge on any atom is -0.377 e. The van der Waals surface area contributed by atoms with Crippen LogP contribution in [-0.2, 0) is 0 Å². The van der Waals surface area contributed by atoms with E-state index in [1.54, 1.807) is 12.1 Å². The molecule has 3 N–H and O–H groups in total. The van der Waals surface area contributed by atoms with Crippen LogP contribution in [0.15, 0.2) is 40.9 Å². The number of hydrogen-bond donors (Lipinski definition) is 2. The summed E-state index contributed by atoms with van der Waals surface area (Å²) in [6.45, 7) is 0.325. The topological polar surface area (TPSA) is 38.0 Å². The molecule has 2 rings (SSSR count). The van der Waals surface area contributed by atoms with Crippen molar-refractivity contribution in [1.29, 1.82) is 0 Å². The Morgan fingerprint density at radius 3 is 2.50 bits per heavy atom. The van der Waals surface area contributed by atoms with E-state index < -0.39 is 0 Å². The quantitative estimate of drug-likeness (QED) is 0.786. The predicted octanol–water partition coefficient (Wildman–Crippen LogP) is 5.01. The molecule has 0 aromatic heterocycles. The molecule has 20 heavy (non-hydrogen) atoms. The lowest BCUT2D eigenvalue weighted by Crippen LogP contribution is -2.21. The van der Waals surface area contributed by atoms with Gasteiger partial charge in [0.2, 0.25) is 0 Å². The highest BCUT2D eigenvalue weighted by molar-refractivity contribution is 9.10. The number of rotatable bonds is 4. The van der Waals surface area contributed by atoms with E-state index in [9.17, 15) is 4.39 Å². The number of anilines is 1. The first kappa shape index (κ1) is 15.6. The smallest absolute Gasteiger partial charge is 0.124 e. The Balaban J connectivity index is 2.26. The van der Waals surface area contributed by atoms with Crippen molar-refractivity contribution in [2.75, 3.05) is 11.9 Å². The molecule has 2 nitrogen and oxygen atoms in total. The summed E-state index contributed by atoms with van der Waals surface area (Å²) in [6.07, 6.45) is 0. The molecule has 0 aliphatic rings. The Bertz CT molecular complexity index is 622. The van der Waals surface area contributed by atoms with Gasteiger partial charge < -0.3 is 11.1 Å². The molecule has 0 saturated heterocycles. The Morgan fingerprint density at radius 1 is 1.15 bits per heavy atom. The first-order chi connectivity index (χ1) is 9.51. The van der Waals surface area contributed by atoms with Gasteiger partial charge >= 0.3 is 0 Å². The monoisotopic (exact) mass is 376 g/mol. The van der Waals surface area contributed by atoms with Gasteiger partial charge in [0.25, 0.3) is 0 Å². The summed E-state index contributed by atoms with van der Waals surface area (Å²) >= 11 is 15.4. The summed E-state index contributed by atoms with van der Waals surface area (Å²) in [7, 11) is 0. The molecule has 0 radical (unpaired) electrons. The van der Waals surface area contributed by atoms with E-state index >= 15 is 0 Å². The molecule has 0 fully saturated rings. The molecule has 0 saturated carbocycles. The molecular formula is C14H12BrCl2FN2. The van der Waals surface area contributed by atoms with E-state index in [4.69, 9.17) is 28.9 Å². The van der Waals surface area contributed by atoms with Crippen LogP contribution in [0.2, 0.25) is 10.0 Å². The van der Waals surface area contributed by atoms with Gasteiger partial charge in [0.05, 0.1) is 11.1 Å². The molecule has 0 aliphatic heterocycles. The first-order valence-electron chi connectivity index (χ1n) is 5.88. The molecule has 6 heteroatoms. The van der Waals surface area contributed by atoms with Crippen molar-refractivity contribution < 1.29 is 4.39 Å². The molecule has 0 amide bonds. The van der Waals surface area contributed by atoms with Crippen LogP contribution >= 0.6 is 39.1 Å². The molecule has 0 aliphatic carbocycles. The lowest BCUT2D eigenvalue weighted by atomic mass is 10.1. The van der Waals surface area contributed by atoms with Gasteiger partial charge in [-0.3, -0.25) is 0 Å². The van der Waals surface area contributed by atoms with Crippen LogP contribution in [0.3, 0.4) is 0 Å². The lowest BCUT2D eigenvalue weighted by molar-refractivity contribution is 0.626. The third kappa shape index (κ3) is 3.64. The van der Waals surface area contributed by atoms with Gasteiger partial charge in [0.1, 0.15) is 5.82 Å². The largest absolute Gasteiger partial charge is 0.377 e. The second-order valence-corrected chi connectivity index (χ2v) is 5.90. The maximum atomic E-state index is 13.1. The molecule has 2 aromatic rings. The molecule has 1 unspecified atom stereocenters. The highest BCUT2D eigenvalue weighted by Gasteiger charge is 2.14. The second-order valence-electron chi connectivity index (χ2n) is 4.23. The van der Waals surface area contributed by atoms with Crippen molar-refractivity contribution >= 4 is 44.8 Å². The van der Waals surface area contributed by atoms with Gasteiger partial charge in [-0.1, -0.05) is 29.3 Å². The fourth-order valence-corrected chi connectivity index (χ4v) is 2.63. The zero-order valence-corrected chi connectivity index (χ0v) is 13.4. The van der Waals surface area contributed by atoms with E-state index in [0.29, 0.717) is 16.6 Å². The summed E-state index contributed by atoms with van der Waals surface area (Å²) in [5, 5.41) is 4.23. The molecule has 2 aromatic carbocycles. The number of hydrogen-bond acceptors (Lipinski definition) is 2. The Hall–Kier alpha value is -0.810. The molecular weight excluding hydrogens is 366 g/mol. The molecule has 0 bridgehead atoms. The van der Waals surface area contributed by atoms with Gasteiger partial charge in [0.15, 0.2) is 0 Å². The highest BCUT2D eigenvalue weighted by atomic mass is 79.9. The number of nitrogens with one attached hydrogen (secondary N) is 1. The molecule has 106 valence electrons. The van der Waals surface area contributed by atoms with Crippen molar-refractivity contribution in [3.05, 3.63) is 62.3 Å². The van der Waals surface area contributed by atoms with Crippen LogP contribution in [0.1, 0.15) is 11.6 Å². The summed E-state index contributed by atoms with van der Waals surface area (Å²) < 4.78 is 13.9. The highest BCUT2D eigenvalue weighted by Crippen LogP contribution is 2.30. The first-order valence-corrected chi connectivity index (χ1v) is 7.42. The van der Waals surface area contributed by atoms with Gasteiger partial charge in [-0.2, -0.15) is 0 Å². The molecule has 0 spiro atoms. The molecule has 1 atom stereocenters. The normalized spacial score (nSPS) is 12.2. The zero-order chi connectivity index (χ0) is 14.7. The van der Waals surface area contributed by atoms with Crippen LogP contribution in [0.4, 0.5) is 10.1 Å². The maximum absolute atomic E-state index is 13.1. The maximum Gasteiger partial charge on any atom is 0.124 e. The van der Waals surface area contributed by atoms with Crippen molar-refractivity contribution in [2.45, 2.75) is 6.04 Å². The van der Waals surface area contributed by atoms with Crippen molar-refractivity contribution in [1.82, 2.24) is 0 Å². The van der Waals surface area contributed by atoms with Crippen molar-refractivity contribution in [2.24, 2.45) is 5.73 Å². The van der Waals surface area contributed by atoms with E-state index in [1.165, 1.54) is 12.1 Å². The Morgan fingerprint density at radius 2 is 1.90 bits per heavy atom. The zero-order valence-electron chi connectivity index (χ0n) is 10.3. The minimum absolute atomic E-state index is 0.212. The summed E-state index contributed by atoms with van der Waals surface area (Å²) in [5.74, 6) is -0.372. The third-order valence-corrected chi connectivity index (χ3v) is 4.38. The average Bonchev–Trinajstić information content (AvgIpc) is 2.41. The van der Waals surface area contributed by atoms with Crippen molar-refractivity contribution in [3.63, 3.8) is 0 Å². The fraction of sp³-hybridized carbons (Fsp3) is 0.143. The average molecular weight is 378 g/mol. The van der Waals surface area contributed by atoms with Crippen LogP contribution in [-0.4, -0.2) is 6.54 Å². The third-order valence-electron chi connectivity index (χ3n) is 2.83. The van der Waals surface area contributed by atoms with Gasteiger partial charge in [-0.15, -0.1) is 0 Å². The van der Waals surface area contributed by atoms with E-state index in [1.807, 2.05) is 12.1 Å². The second kappa shape index (κ2) is 6.76. The van der Waals surface area contributed by atoms with Crippen LogP contribution < -0.4 is 11.1 Å². The van der Waals surface area contributed by atoms with E-state index in [0.717, 1.165) is 15.7 Å². The van der Waals surface area contributed by atoms with Crippen LogP contribution in [0.25, 0.3) is 0 Å². The number of benzene rings is 2. The van der Waals surface area contributed by atoms with Gasteiger partial charge in [-0.25, -0.2) is 4.39 Å². The van der Waals surface area contributed by atoms with E-state index in [-0.39, 0.29) is 11.9 Å². The summed E-state index contributed by atoms with van der Waals surface area (Å²) in [5.41, 5.74) is 7.37. The molecule has 0 heterocycles. The SMILES string of the molecule is NCC(Nc1ccc(Cl)c(Br)c1)c1ccc(F)cc1Cl. The Kier molecular flexibility index (Phi) is 5.27. The summed E-state index contributed by atoms with van der Waals surface area (Å²) in [4.78, 5) is 0. The predicted molar refractivity (Wildman–Crippen MR) is 86.0 cm³/mol.